The van der Waals surface area contributed by atoms with Gasteiger partial charge in [0.25, 0.3) is 10.0 Å². The molecule has 0 bridgehead atoms. The van der Waals surface area contributed by atoms with Gasteiger partial charge in [0.2, 0.25) is 5.91 Å². The molecule has 1 aromatic heterocycles. The van der Waals surface area contributed by atoms with Crippen LogP contribution in [0.5, 0.6) is 5.75 Å². The lowest BCUT2D eigenvalue weighted by molar-refractivity contribution is -0.135. The monoisotopic (exact) mass is 442 g/mol. The fourth-order valence-corrected chi connectivity index (χ4v) is 6.03. The third-order valence-corrected chi connectivity index (χ3v) is 8.16. The van der Waals surface area contributed by atoms with Crippen molar-refractivity contribution in [2.75, 3.05) is 33.3 Å². The van der Waals surface area contributed by atoms with Crippen molar-refractivity contribution in [3.63, 3.8) is 0 Å². The van der Waals surface area contributed by atoms with Crippen LogP contribution in [0.4, 0.5) is 0 Å². The van der Waals surface area contributed by atoms with E-state index in [-0.39, 0.29) is 18.4 Å². The molecular weight excluding hydrogens is 420 g/mol. The Hall–Kier alpha value is -1.61. The van der Waals surface area contributed by atoms with Crippen LogP contribution in [0.2, 0.25) is 5.02 Å². The molecule has 6 nitrogen and oxygen atoms in total. The van der Waals surface area contributed by atoms with Gasteiger partial charge in [-0.25, -0.2) is 8.42 Å². The number of rotatable bonds is 7. The van der Waals surface area contributed by atoms with Gasteiger partial charge < -0.3 is 9.64 Å². The molecule has 1 fully saturated rings. The molecule has 0 saturated carbocycles. The van der Waals surface area contributed by atoms with Crippen molar-refractivity contribution in [1.29, 1.82) is 0 Å². The average Bonchev–Trinajstić information content (AvgIpc) is 3.23. The normalized spacial score (nSPS) is 18.0. The third kappa shape index (κ3) is 5.05. The molecule has 28 heavy (non-hydrogen) atoms. The van der Waals surface area contributed by atoms with Gasteiger partial charge in [0.1, 0.15) is 16.6 Å². The van der Waals surface area contributed by atoms with Crippen LogP contribution < -0.4 is 4.74 Å². The Morgan fingerprint density at radius 1 is 1.36 bits per heavy atom. The molecule has 3 rings (SSSR count). The Bertz CT molecular complexity index is 902. The standard InChI is InChI=1S/C19H23ClN2O4S2/c1-21(10-11-26-17-7-2-6-16(20)13-17)19(23)15-5-3-9-22(14-15)28(24,25)18-8-4-12-27-18/h2,4,6-8,12-13,15H,3,5,9-11,14H2,1H3. The number of hydrogen-bond acceptors (Lipinski definition) is 5. The summed E-state index contributed by atoms with van der Waals surface area (Å²) in [4.78, 5) is 14.4. The Morgan fingerprint density at radius 2 is 2.18 bits per heavy atom. The number of piperidine rings is 1. The van der Waals surface area contributed by atoms with Gasteiger partial charge in [-0.1, -0.05) is 23.7 Å². The minimum Gasteiger partial charge on any atom is -0.492 e. The van der Waals surface area contributed by atoms with Gasteiger partial charge in [0.05, 0.1) is 12.5 Å². The predicted molar refractivity (Wildman–Crippen MR) is 110 cm³/mol. The smallest absolute Gasteiger partial charge is 0.252 e. The minimum atomic E-state index is -3.52. The molecule has 2 aromatic rings. The number of amides is 1. The highest BCUT2D eigenvalue weighted by Gasteiger charge is 2.34. The zero-order chi connectivity index (χ0) is 20.1. The molecule has 1 amide bonds. The second-order valence-electron chi connectivity index (χ2n) is 6.70. The number of nitrogens with zero attached hydrogens (tertiary/aromatic N) is 2. The number of carbonyl (C=O) groups excluding carboxylic acids is 1. The Kier molecular flexibility index (Phi) is 6.98. The topological polar surface area (TPSA) is 66.9 Å². The van der Waals surface area contributed by atoms with Gasteiger partial charge in [-0.05, 0) is 42.5 Å². The van der Waals surface area contributed by atoms with E-state index in [2.05, 4.69) is 0 Å². The van der Waals surface area contributed by atoms with Crippen LogP contribution in [-0.4, -0.2) is 56.8 Å². The molecule has 152 valence electrons. The molecule has 1 aliphatic rings. The molecule has 2 heterocycles. The number of likely N-dealkylation sites (N-methyl/N-ethyl adjacent to an activating group) is 1. The van der Waals surface area contributed by atoms with Crippen LogP contribution >= 0.6 is 22.9 Å². The van der Waals surface area contributed by atoms with Gasteiger partial charge in [0.15, 0.2) is 0 Å². The second-order valence-corrected chi connectivity index (χ2v) is 10.2. The van der Waals surface area contributed by atoms with Crippen molar-refractivity contribution in [2.45, 2.75) is 17.1 Å². The van der Waals surface area contributed by atoms with E-state index in [1.807, 2.05) is 6.07 Å². The van der Waals surface area contributed by atoms with E-state index < -0.39 is 10.0 Å². The van der Waals surface area contributed by atoms with Gasteiger partial charge in [-0.15, -0.1) is 11.3 Å². The minimum absolute atomic E-state index is 0.0548. The summed E-state index contributed by atoms with van der Waals surface area (Å²) >= 11 is 7.13. The van der Waals surface area contributed by atoms with E-state index in [1.54, 1.807) is 47.7 Å². The van der Waals surface area contributed by atoms with Crippen LogP contribution in [0.15, 0.2) is 46.0 Å². The molecule has 1 aliphatic heterocycles. The molecule has 0 spiro atoms. The number of ether oxygens (including phenoxy) is 1. The van der Waals surface area contributed by atoms with Crippen LogP contribution in [0.3, 0.4) is 0 Å². The van der Waals surface area contributed by atoms with E-state index in [9.17, 15) is 13.2 Å². The van der Waals surface area contributed by atoms with E-state index in [0.29, 0.717) is 47.5 Å². The first-order valence-corrected chi connectivity index (χ1v) is 11.7. The van der Waals surface area contributed by atoms with Crippen molar-refractivity contribution >= 4 is 38.9 Å². The largest absolute Gasteiger partial charge is 0.492 e. The molecule has 1 unspecified atom stereocenters. The Morgan fingerprint density at radius 3 is 2.89 bits per heavy atom. The lowest BCUT2D eigenvalue weighted by Crippen LogP contribution is -2.46. The molecule has 9 heteroatoms. The third-order valence-electron chi connectivity index (χ3n) is 4.69. The van der Waals surface area contributed by atoms with Crippen LogP contribution in [0.1, 0.15) is 12.8 Å². The van der Waals surface area contributed by atoms with E-state index >= 15 is 0 Å². The molecule has 0 radical (unpaired) electrons. The van der Waals surface area contributed by atoms with Crippen molar-refractivity contribution in [3.05, 3.63) is 46.8 Å². The second kappa shape index (κ2) is 9.26. The zero-order valence-electron chi connectivity index (χ0n) is 15.6. The van der Waals surface area contributed by atoms with Crippen LogP contribution in [-0.2, 0) is 14.8 Å². The number of hydrogen-bond donors (Lipinski definition) is 0. The molecule has 1 atom stereocenters. The van der Waals surface area contributed by atoms with Crippen molar-refractivity contribution in [1.82, 2.24) is 9.21 Å². The highest BCUT2D eigenvalue weighted by Crippen LogP contribution is 2.27. The van der Waals surface area contributed by atoms with E-state index in [4.69, 9.17) is 16.3 Å². The SMILES string of the molecule is CN(CCOc1cccc(Cl)c1)C(=O)C1CCCN(S(=O)(=O)c2cccs2)C1. The highest BCUT2D eigenvalue weighted by atomic mass is 35.5. The summed E-state index contributed by atoms with van der Waals surface area (Å²) in [5, 5.41) is 2.34. The summed E-state index contributed by atoms with van der Waals surface area (Å²) < 4.78 is 32.8. The van der Waals surface area contributed by atoms with Crippen molar-refractivity contribution < 1.29 is 17.9 Å². The maximum absolute atomic E-state index is 12.8. The van der Waals surface area contributed by atoms with Crippen LogP contribution in [0.25, 0.3) is 0 Å². The summed E-state index contributed by atoms with van der Waals surface area (Å²) in [6.45, 7) is 1.43. The van der Waals surface area contributed by atoms with E-state index in [0.717, 1.165) is 0 Å². The van der Waals surface area contributed by atoms with Crippen molar-refractivity contribution in [2.24, 2.45) is 5.92 Å². The molecular formula is C19H23ClN2O4S2. The number of benzene rings is 1. The lowest BCUT2D eigenvalue weighted by Gasteiger charge is -2.33. The first kappa shape index (κ1) is 21.1. The van der Waals surface area contributed by atoms with Crippen molar-refractivity contribution in [3.8, 4) is 5.75 Å². The summed E-state index contributed by atoms with van der Waals surface area (Å²) in [5.41, 5.74) is 0. The fraction of sp³-hybridized carbons (Fsp3) is 0.421. The summed E-state index contributed by atoms with van der Waals surface area (Å²) in [7, 11) is -1.81. The first-order chi connectivity index (χ1) is 13.4. The Balaban J connectivity index is 1.54. The summed E-state index contributed by atoms with van der Waals surface area (Å²) in [6, 6.07) is 10.4. The molecule has 1 saturated heterocycles. The maximum atomic E-state index is 12.8. The molecule has 0 N–H and O–H groups in total. The zero-order valence-corrected chi connectivity index (χ0v) is 18.0. The quantitative estimate of drug-likeness (QED) is 0.659. The lowest BCUT2D eigenvalue weighted by atomic mass is 9.98. The summed E-state index contributed by atoms with van der Waals surface area (Å²) in [6.07, 6.45) is 1.36. The van der Waals surface area contributed by atoms with Gasteiger partial charge in [-0.3, -0.25) is 4.79 Å². The number of carbonyl (C=O) groups is 1. The molecule has 0 aliphatic carbocycles. The fourth-order valence-electron chi connectivity index (χ4n) is 3.18. The number of halogens is 1. The van der Waals surface area contributed by atoms with Gasteiger partial charge in [-0.2, -0.15) is 4.31 Å². The Labute approximate surface area is 174 Å². The van der Waals surface area contributed by atoms with Gasteiger partial charge in [0, 0.05) is 25.2 Å². The molecule has 1 aromatic carbocycles. The van der Waals surface area contributed by atoms with E-state index in [1.165, 1.54) is 15.6 Å². The maximum Gasteiger partial charge on any atom is 0.252 e. The number of thiophene rings is 1. The highest BCUT2D eigenvalue weighted by molar-refractivity contribution is 7.91. The average molecular weight is 443 g/mol. The first-order valence-electron chi connectivity index (χ1n) is 9.05. The summed E-state index contributed by atoms with van der Waals surface area (Å²) in [5.74, 6) is 0.264. The predicted octanol–water partition coefficient (Wildman–Crippen LogP) is 3.34. The van der Waals surface area contributed by atoms with Gasteiger partial charge >= 0.3 is 0 Å². The number of sulfonamides is 1. The van der Waals surface area contributed by atoms with Crippen LogP contribution in [0, 0.1) is 5.92 Å².